The highest BCUT2D eigenvalue weighted by Crippen LogP contribution is 2.40. The number of nitrogens with two attached hydrogens (primary N) is 5. The highest BCUT2D eigenvalue weighted by molar-refractivity contribution is 9.13. The summed E-state index contributed by atoms with van der Waals surface area (Å²) in [6, 6.07) is 53.0. The molecule has 574 valence electrons. The Morgan fingerprint density at radius 3 is 1.11 bits per heavy atom. The number of anilines is 5. The largest absolute Gasteiger partial charge is 0.495 e. The Morgan fingerprint density at radius 2 is 0.714 bits per heavy atom. The summed E-state index contributed by atoms with van der Waals surface area (Å²) in [7, 11) is 0.891. The number of nitrogen functional groups attached to an aromatic ring is 5. The molecule has 0 amide bonds. The minimum Gasteiger partial charge on any atom is -0.465 e. The van der Waals surface area contributed by atoms with E-state index in [-0.39, 0.29) is 53.0 Å². The van der Waals surface area contributed by atoms with Gasteiger partial charge >= 0.3 is 13.1 Å². The molecule has 112 heavy (non-hydrogen) atoms. The lowest BCUT2D eigenvalue weighted by atomic mass is 9.79. The van der Waals surface area contributed by atoms with E-state index >= 15 is 0 Å². The van der Waals surface area contributed by atoms with Gasteiger partial charge in [-0.3, -0.25) is 0 Å². The Morgan fingerprint density at radius 1 is 0.375 bits per heavy atom. The first-order valence-electron chi connectivity index (χ1n) is 33.5. The molecule has 9 aromatic heterocycles. The van der Waals surface area contributed by atoms with Gasteiger partial charge in [0.05, 0.1) is 50.0 Å². The standard InChI is InChI=1S/C19H15ClFN3O2.C17H12BrClFN3.C17H13ClFN3.C12H17BClNO2.C11H8BrFN2.C5H4Br2N2/c1-10-7-12(8-16(20)23-10)14-9-15(19(25)26-2)18(22)24-17(14)11-3-5-13(21)6-4-11;1-9-6-11(7-15(19)22-9)13-8-14(18)17(21)23-16(13)10-2-4-12(20)5-3-10;1-10-8-12(9-15(18)21-10)14-6-7-16(20)22-17(14)11-2-4-13(19)5-3-11;1-8-6-9(7-10(14)15-8)13-16-11(2,3)12(4,5)17-13;12-9-5-6-10(14)15-11(9)7-1-3-8(13)4-2-7;6-3-1-2-4(8)9-5(3)7/h3-9H,1-2H3,(H2,22,24);2-8H,1H3,(H2,21,23);2-9H,1H3,(H2,20,22);6-7H,1-5H3;1-6H,(H2,14,15);1-2H,(H2,8,9). The van der Waals surface area contributed by atoms with E-state index in [1.807, 2.05) is 97.0 Å². The first-order valence-corrected chi connectivity index (χ1v) is 38.2. The zero-order chi connectivity index (χ0) is 81.6. The topological polar surface area (TPSA) is 291 Å². The van der Waals surface area contributed by atoms with Crippen LogP contribution in [0.25, 0.3) is 78.4 Å². The quantitative estimate of drug-likeness (QED) is 0.0388. The van der Waals surface area contributed by atoms with E-state index in [0.717, 1.165) is 80.7 Å². The number of hydrogen-bond acceptors (Lipinski definition) is 18. The number of rotatable bonds is 9. The second-order valence-corrected chi connectivity index (χ2v) is 30.6. The molecule has 0 saturated carbocycles. The number of hydrogen-bond donors (Lipinski definition) is 5. The van der Waals surface area contributed by atoms with Crippen LogP contribution in [0.15, 0.2) is 212 Å². The predicted molar refractivity (Wildman–Crippen MR) is 456 cm³/mol. The molecular formula is C81H69BBr4Cl4F4N14O4. The molecular weight excluding hydrogens is 1780 g/mol. The third kappa shape index (κ3) is 23.3. The molecule has 18 nitrogen and oxygen atoms in total. The Hall–Kier alpha value is -9.52. The van der Waals surface area contributed by atoms with Crippen molar-refractivity contribution < 1.29 is 36.4 Å². The van der Waals surface area contributed by atoms with Crippen molar-refractivity contribution in [3.63, 3.8) is 0 Å². The average molecular weight is 1850 g/mol. The normalized spacial score (nSPS) is 12.2. The molecule has 0 bridgehead atoms. The van der Waals surface area contributed by atoms with Crippen LogP contribution >= 0.6 is 110 Å². The molecule has 1 saturated heterocycles. The zero-order valence-corrected chi connectivity index (χ0v) is 70.5. The molecule has 0 radical (unpaired) electrons. The number of halogens is 12. The number of nitrogens with zero attached hydrogens (tertiary/aromatic N) is 9. The Labute approximate surface area is 698 Å². The predicted octanol–water partition coefficient (Wildman–Crippen LogP) is 21.8. The maximum Gasteiger partial charge on any atom is 0.495 e. The maximum atomic E-state index is 13.3. The number of esters is 1. The van der Waals surface area contributed by atoms with Crippen LogP contribution in [0.2, 0.25) is 20.6 Å². The molecule has 10 heterocycles. The summed E-state index contributed by atoms with van der Waals surface area (Å²) in [6.45, 7) is 15.6. The van der Waals surface area contributed by atoms with Gasteiger partial charge in [-0.15, -0.1) is 0 Å². The van der Waals surface area contributed by atoms with Gasteiger partial charge in [-0.05, 0) is 335 Å². The van der Waals surface area contributed by atoms with E-state index in [0.29, 0.717) is 87.8 Å². The zero-order valence-electron chi connectivity index (χ0n) is 61.1. The summed E-state index contributed by atoms with van der Waals surface area (Å²) in [6.07, 6.45) is 0. The lowest BCUT2D eigenvalue weighted by molar-refractivity contribution is 0.00578. The number of aryl methyl sites for hydroxylation is 4. The lowest BCUT2D eigenvalue weighted by Gasteiger charge is -2.32. The average Bonchev–Trinajstić information content (AvgIpc) is 1.55. The van der Waals surface area contributed by atoms with Crippen LogP contribution in [0, 0.1) is 51.0 Å². The molecule has 1 fully saturated rings. The lowest BCUT2D eigenvalue weighted by Crippen LogP contribution is -2.41. The number of pyridine rings is 9. The van der Waals surface area contributed by atoms with Crippen LogP contribution in [0.4, 0.5) is 46.7 Å². The number of benzene rings is 4. The van der Waals surface area contributed by atoms with Crippen molar-refractivity contribution in [2.75, 3.05) is 35.8 Å². The highest BCUT2D eigenvalue weighted by Gasteiger charge is 2.52. The first-order chi connectivity index (χ1) is 52.9. The molecule has 0 spiro atoms. The minimum atomic E-state index is -0.598. The van der Waals surface area contributed by atoms with Gasteiger partial charge in [-0.25, -0.2) is 67.2 Å². The van der Waals surface area contributed by atoms with Gasteiger partial charge in [0.15, 0.2) is 0 Å². The van der Waals surface area contributed by atoms with E-state index in [1.54, 1.807) is 104 Å². The van der Waals surface area contributed by atoms with Crippen LogP contribution in [-0.2, 0) is 14.0 Å². The molecule has 1 aliphatic heterocycles. The summed E-state index contributed by atoms with van der Waals surface area (Å²) >= 11 is 37.4. The van der Waals surface area contributed by atoms with Crippen LogP contribution < -0.4 is 34.1 Å². The van der Waals surface area contributed by atoms with E-state index in [2.05, 4.69) is 109 Å². The smallest absolute Gasteiger partial charge is 0.465 e. The van der Waals surface area contributed by atoms with E-state index in [4.69, 9.17) is 89.1 Å². The summed E-state index contributed by atoms with van der Waals surface area (Å²) in [5, 5.41) is 1.59. The molecule has 0 unspecified atom stereocenters. The van der Waals surface area contributed by atoms with Gasteiger partial charge in [0.25, 0.3) is 0 Å². The monoisotopic (exact) mass is 1840 g/mol. The number of carbonyl (C=O) groups excluding carboxylic acids is 1. The van der Waals surface area contributed by atoms with Crippen molar-refractivity contribution in [3.05, 3.63) is 284 Å². The van der Waals surface area contributed by atoms with Crippen molar-refractivity contribution in [1.82, 2.24) is 44.9 Å². The van der Waals surface area contributed by atoms with Crippen LogP contribution in [0.3, 0.4) is 0 Å². The summed E-state index contributed by atoms with van der Waals surface area (Å²) in [5.74, 6) is -0.0701. The summed E-state index contributed by atoms with van der Waals surface area (Å²) in [5.41, 5.74) is 42.6. The molecule has 1 aliphatic rings. The first kappa shape index (κ1) is 86.5. The molecule has 10 N–H and O–H groups in total. The van der Waals surface area contributed by atoms with Crippen molar-refractivity contribution in [1.29, 1.82) is 0 Å². The number of methoxy groups -OCH3 is 1. The fourth-order valence-corrected chi connectivity index (χ4v) is 13.1. The van der Waals surface area contributed by atoms with Gasteiger partial charge in [0.2, 0.25) is 0 Å². The molecule has 4 aromatic carbocycles. The van der Waals surface area contributed by atoms with Gasteiger partial charge < -0.3 is 42.7 Å². The number of carbonyl (C=O) groups is 1. The SMILES string of the molecule is COC(=O)c1cc(-c2cc(C)nc(Cl)c2)c(-c2ccc(F)cc2)nc1N.Cc1cc(-c2cc(Br)c(N)nc2-c2ccc(F)cc2)cc(Cl)n1.Cc1cc(-c2ccc(N)nc2-c2ccc(F)cc2)cc(Cl)n1.Cc1cc(B2OC(C)(C)C(C)(C)O2)cc(Cl)n1.Nc1ccc(Br)c(-c2ccc(F)cc2)n1.Nc1ccc(Br)c(Br)n1. The molecule has 0 atom stereocenters. The Balaban J connectivity index is 0.000000158. The Kier molecular flexibility index (Phi) is 29.6. The van der Waals surface area contributed by atoms with E-state index in [1.165, 1.54) is 55.6 Å². The second-order valence-electron chi connectivity index (χ2n) is 25.7. The van der Waals surface area contributed by atoms with Crippen LogP contribution in [0.5, 0.6) is 0 Å². The van der Waals surface area contributed by atoms with Gasteiger partial charge in [-0.2, -0.15) is 0 Å². The third-order valence-electron chi connectivity index (χ3n) is 16.7. The van der Waals surface area contributed by atoms with Crippen molar-refractivity contribution in [2.45, 2.75) is 66.6 Å². The number of ether oxygens (including phenoxy) is 1. The fourth-order valence-electron chi connectivity index (χ4n) is 10.8. The Bertz CT molecular complexity index is 5470. The summed E-state index contributed by atoms with van der Waals surface area (Å²) < 4.78 is 72.2. The van der Waals surface area contributed by atoms with E-state index < -0.39 is 5.97 Å². The van der Waals surface area contributed by atoms with Gasteiger partial charge in [-0.1, -0.05) is 46.4 Å². The van der Waals surface area contributed by atoms with Gasteiger partial charge in [0.1, 0.15) is 83.1 Å². The number of aromatic nitrogens is 9. The van der Waals surface area contributed by atoms with Crippen molar-refractivity contribution in [2.24, 2.45) is 0 Å². The van der Waals surface area contributed by atoms with Crippen molar-refractivity contribution >= 4 is 158 Å². The minimum absolute atomic E-state index is 0.0248. The molecule has 14 rings (SSSR count). The molecule has 13 aromatic rings. The van der Waals surface area contributed by atoms with Crippen molar-refractivity contribution in [3.8, 4) is 78.4 Å². The fraction of sp³-hybridized carbons (Fsp3) is 0.136. The van der Waals surface area contributed by atoms with Crippen LogP contribution in [0.1, 0.15) is 60.8 Å². The second kappa shape index (κ2) is 38.3. The molecule has 31 heteroatoms. The summed E-state index contributed by atoms with van der Waals surface area (Å²) in [4.78, 5) is 50.0. The third-order valence-corrected chi connectivity index (χ3v) is 20.5. The maximum absolute atomic E-state index is 13.3. The van der Waals surface area contributed by atoms with Gasteiger partial charge in [0, 0.05) is 66.2 Å². The van der Waals surface area contributed by atoms with E-state index in [9.17, 15) is 22.4 Å². The molecule has 0 aliphatic carbocycles. The van der Waals surface area contributed by atoms with Crippen LogP contribution in [-0.4, -0.2) is 76.3 Å². The highest BCUT2D eigenvalue weighted by atomic mass is 79.9.